The second-order valence-corrected chi connectivity index (χ2v) is 7.32. The molecule has 0 unspecified atom stereocenters. The molecule has 6 heteroatoms. The third-order valence-corrected chi connectivity index (χ3v) is 5.35. The Bertz CT molecular complexity index is 843. The molecule has 2 aromatic carbocycles. The van der Waals surface area contributed by atoms with Crippen molar-refractivity contribution < 1.29 is 14.3 Å². The Labute approximate surface area is 172 Å². The summed E-state index contributed by atoms with van der Waals surface area (Å²) in [6.07, 6.45) is 0. The lowest BCUT2D eigenvalue weighted by Gasteiger charge is -2.37. The standard InChI is InChI=1S/C23H29N3O3/c1-4-24-12-14-25(15-13-24)23(28)26(21-7-5-6-18(2)16-21)17-19-8-10-20(11-9-19)22(27)29-3/h5-11,16H,4,12-15,17H2,1-3H3. The summed E-state index contributed by atoms with van der Waals surface area (Å²) in [5.41, 5.74) is 3.45. The predicted octanol–water partition coefficient (Wildman–Crippen LogP) is 3.55. The van der Waals surface area contributed by atoms with E-state index in [1.54, 1.807) is 12.1 Å². The van der Waals surface area contributed by atoms with Gasteiger partial charge >= 0.3 is 12.0 Å². The lowest BCUT2D eigenvalue weighted by atomic mass is 10.1. The number of anilines is 1. The van der Waals surface area contributed by atoms with Gasteiger partial charge in [-0.25, -0.2) is 9.59 Å². The molecule has 6 nitrogen and oxygen atoms in total. The van der Waals surface area contributed by atoms with E-state index in [0.717, 1.165) is 49.5 Å². The topological polar surface area (TPSA) is 53.1 Å². The maximum Gasteiger partial charge on any atom is 0.337 e. The van der Waals surface area contributed by atoms with Crippen LogP contribution in [0, 0.1) is 6.92 Å². The number of urea groups is 1. The Hall–Kier alpha value is -2.86. The summed E-state index contributed by atoms with van der Waals surface area (Å²) in [5.74, 6) is -0.364. The molecule has 0 aromatic heterocycles. The quantitative estimate of drug-likeness (QED) is 0.727. The minimum Gasteiger partial charge on any atom is -0.465 e. The van der Waals surface area contributed by atoms with Crippen LogP contribution in [0.4, 0.5) is 10.5 Å². The van der Waals surface area contributed by atoms with Gasteiger partial charge in [-0.05, 0) is 48.9 Å². The van der Waals surface area contributed by atoms with Gasteiger partial charge in [0.1, 0.15) is 0 Å². The first-order valence-electron chi connectivity index (χ1n) is 10.0. The fourth-order valence-electron chi connectivity index (χ4n) is 3.54. The van der Waals surface area contributed by atoms with E-state index in [9.17, 15) is 9.59 Å². The van der Waals surface area contributed by atoms with Gasteiger partial charge in [0.15, 0.2) is 0 Å². The van der Waals surface area contributed by atoms with Gasteiger partial charge in [0, 0.05) is 31.9 Å². The first-order valence-corrected chi connectivity index (χ1v) is 10.0. The van der Waals surface area contributed by atoms with Gasteiger partial charge in [0.2, 0.25) is 0 Å². The van der Waals surface area contributed by atoms with Crippen molar-refractivity contribution in [3.63, 3.8) is 0 Å². The number of ether oxygens (including phenoxy) is 1. The zero-order valence-electron chi connectivity index (χ0n) is 17.4. The average molecular weight is 396 g/mol. The summed E-state index contributed by atoms with van der Waals surface area (Å²) >= 11 is 0. The van der Waals surface area contributed by atoms with E-state index in [2.05, 4.69) is 11.8 Å². The highest BCUT2D eigenvalue weighted by Gasteiger charge is 2.26. The fraction of sp³-hybridized carbons (Fsp3) is 0.391. The largest absolute Gasteiger partial charge is 0.465 e. The molecule has 0 spiro atoms. The van der Waals surface area contributed by atoms with E-state index < -0.39 is 0 Å². The molecule has 1 saturated heterocycles. The monoisotopic (exact) mass is 395 g/mol. The molecule has 1 aliphatic heterocycles. The van der Waals surface area contributed by atoms with E-state index in [4.69, 9.17) is 4.74 Å². The molecule has 154 valence electrons. The summed E-state index contributed by atoms with van der Waals surface area (Å²) < 4.78 is 4.76. The summed E-state index contributed by atoms with van der Waals surface area (Å²) in [6, 6.07) is 15.2. The molecule has 2 amide bonds. The number of methoxy groups -OCH3 is 1. The number of aryl methyl sites for hydroxylation is 1. The van der Waals surface area contributed by atoms with Crippen LogP contribution < -0.4 is 4.90 Å². The highest BCUT2D eigenvalue weighted by atomic mass is 16.5. The van der Waals surface area contributed by atoms with Crippen LogP contribution in [0.25, 0.3) is 0 Å². The summed E-state index contributed by atoms with van der Waals surface area (Å²) in [5, 5.41) is 0. The molecule has 2 aromatic rings. The number of carbonyl (C=O) groups excluding carboxylic acids is 2. The van der Waals surface area contributed by atoms with Crippen molar-refractivity contribution >= 4 is 17.7 Å². The first kappa shape index (κ1) is 20.9. The number of amides is 2. The smallest absolute Gasteiger partial charge is 0.337 e. The Kier molecular flexibility index (Phi) is 6.88. The number of benzene rings is 2. The molecule has 0 aliphatic carbocycles. The third-order valence-electron chi connectivity index (χ3n) is 5.35. The molecule has 0 saturated carbocycles. The van der Waals surface area contributed by atoms with Crippen molar-refractivity contribution in [3.05, 3.63) is 65.2 Å². The molecule has 0 bridgehead atoms. The SMILES string of the molecule is CCN1CCN(C(=O)N(Cc2ccc(C(=O)OC)cc2)c2cccc(C)c2)CC1. The second kappa shape index (κ2) is 9.56. The van der Waals surface area contributed by atoms with Gasteiger partial charge < -0.3 is 14.5 Å². The van der Waals surface area contributed by atoms with Crippen LogP contribution in [-0.4, -0.2) is 61.6 Å². The molecule has 1 aliphatic rings. The zero-order chi connectivity index (χ0) is 20.8. The number of hydrogen-bond donors (Lipinski definition) is 0. The van der Waals surface area contributed by atoms with Crippen LogP contribution in [0.5, 0.6) is 0 Å². The Balaban J connectivity index is 1.82. The Morgan fingerprint density at radius 3 is 2.31 bits per heavy atom. The Morgan fingerprint density at radius 2 is 1.72 bits per heavy atom. The molecular formula is C23H29N3O3. The van der Waals surface area contributed by atoms with Gasteiger partial charge in [-0.2, -0.15) is 0 Å². The maximum absolute atomic E-state index is 13.4. The summed E-state index contributed by atoms with van der Waals surface area (Å²) in [4.78, 5) is 31.2. The average Bonchev–Trinajstić information content (AvgIpc) is 2.77. The molecule has 3 rings (SSSR count). The number of esters is 1. The van der Waals surface area contributed by atoms with Crippen molar-refractivity contribution in [2.24, 2.45) is 0 Å². The molecule has 29 heavy (non-hydrogen) atoms. The van der Waals surface area contributed by atoms with Crippen LogP contribution in [0.15, 0.2) is 48.5 Å². The molecule has 0 N–H and O–H groups in total. The zero-order valence-corrected chi connectivity index (χ0v) is 17.4. The number of piperazine rings is 1. The van der Waals surface area contributed by atoms with Crippen molar-refractivity contribution in [3.8, 4) is 0 Å². The normalized spacial score (nSPS) is 14.5. The van der Waals surface area contributed by atoms with Crippen LogP contribution in [0.2, 0.25) is 0 Å². The van der Waals surface area contributed by atoms with Gasteiger partial charge in [-0.15, -0.1) is 0 Å². The Morgan fingerprint density at radius 1 is 1.03 bits per heavy atom. The highest BCUT2D eigenvalue weighted by Crippen LogP contribution is 2.22. The van der Waals surface area contributed by atoms with E-state index in [0.29, 0.717) is 12.1 Å². The lowest BCUT2D eigenvalue weighted by molar-refractivity contribution is 0.0600. The second-order valence-electron chi connectivity index (χ2n) is 7.32. The molecule has 1 heterocycles. The lowest BCUT2D eigenvalue weighted by Crippen LogP contribution is -2.52. The van der Waals surface area contributed by atoms with Crippen molar-refractivity contribution in [1.29, 1.82) is 0 Å². The van der Waals surface area contributed by atoms with Crippen molar-refractivity contribution in [2.75, 3.05) is 44.7 Å². The minimum absolute atomic E-state index is 0.0170. The minimum atomic E-state index is -0.364. The van der Waals surface area contributed by atoms with E-state index in [1.807, 2.05) is 53.1 Å². The highest BCUT2D eigenvalue weighted by molar-refractivity contribution is 5.92. The van der Waals surface area contributed by atoms with Gasteiger partial charge in [0.25, 0.3) is 0 Å². The van der Waals surface area contributed by atoms with Crippen LogP contribution in [-0.2, 0) is 11.3 Å². The third kappa shape index (κ3) is 5.15. The molecule has 0 atom stereocenters. The van der Waals surface area contributed by atoms with Crippen LogP contribution >= 0.6 is 0 Å². The molecule has 1 fully saturated rings. The number of carbonyl (C=O) groups is 2. The van der Waals surface area contributed by atoms with Gasteiger partial charge in [0.05, 0.1) is 19.2 Å². The predicted molar refractivity (Wildman–Crippen MR) is 114 cm³/mol. The fourth-order valence-corrected chi connectivity index (χ4v) is 3.54. The summed E-state index contributed by atoms with van der Waals surface area (Å²) in [6.45, 7) is 8.89. The number of rotatable bonds is 5. The first-order chi connectivity index (χ1) is 14.0. The van der Waals surface area contributed by atoms with Crippen molar-refractivity contribution in [2.45, 2.75) is 20.4 Å². The van der Waals surface area contributed by atoms with Gasteiger partial charge in [-0.3, -0.25) is 4.90 Å². The van der Waals surface area contributed by atoms with Gasteiger partial charge in [-0.1, -0.05) is 31.2 Å². The molecule has 0 radical (unpaired) electrons. The van der Waals surface area contributed by atoms with Crippen LogP contribution in [0.3, 0.4) is 0 Å². The van der Waals surface area contributed by atoms with Crippen molar-refractivity contribution in [1.82, 2.24) is 9.80 Å². The number of hydrogen-bond acceptors (Lipinski definition) is 4. The van der Waals surface area contributed by atoms with Crippen LogP contribution in [0.1, 0.15) is 28.4 Å². The maximum atomic E-state index is 13.4. The van der Waals surface area contributed by atoms with E-state index in [-0.39, 0.29) is 12.0 Å². The molecular weight excluding hydrogens is 366 g/mol. The van der Waals surface area contributed by atoms with E-state index >= 15 is 0 Å². The summed E-state index contributed by atoms with van der Waals surface area (Å²) in [7, 11) is 1.37. The number of nitrogens with zero attached hydrogens (tertiary/aromatic N) is 3. The van der Waals surface area contributed by atoms with E-state index in [1.165, 1.54) is 7.11 Å². The number of likely N-dealkylation sites (N-methyl/N-ethyl adjacent to an activating group) is 1.